The number of anilines is 4. The Morgan fingerprint density at radius 3 is 2.26 bits per heavy atom. The van der Waals surface area contributed by atoms with Gasteiger partial charge in [0.2, 0.25) is 5.95 Å². The average molecular weight is 461 g/mol. The summed E-state index contributed by atoms with van der Waals surface area (Å²) in [5, 5.41) is 0.914. The number of nitrogens with two attached hydrogens (primary N) is 1. The molecule has 1 aliphatic rings. The van der Waals surface area contributed by atoms with E-state index in [2.05, 4.69) is 9.88 Å². The van der Waals surface area contributed by atoms with Crippen LogP contribution in [0, 0.1) is 5.82 Å². The molecule has 0 aliphatic carbocycles. The highest BCUT2D eigenvalue weighted by Crippen LogP contribution is 2.37. The van der Waals surface area contributed by atoms with Crippen LogP contribution in [-0.2, 0) is 0 Å². The topological polar surface area (TPSA) is 61.5 Å². The average Bonchev–Trinajstić information content (AvgIpc) is 2.76. The first-order chi connectivity index (χ1) is 14.8. The molecule has 4 rings (SSSR count). The zero-order chi connectivity index (χ0) is 22.1. The van der Waals surface area contributed by atoms with Crippen molar-refractivity contribution in [2.75, 3.05) is 60.7 Å². The standard InChI is InChI=1S/C22H23Cl2FN6/c1-29(2)21-19(14-7-8-15(23)16(24)13-14)20(26)27-22(28-21)31-11-9-30(10-12-31)18-6-4-3-5-17(18)25/h3-8,13H,9-12H2,1-2H3,(H2,26,27,28). The van der Waals surface area contributed by atoms with Gasteiger partial charge in [-0.2, -0.15) is 9.97 Å². The Morgan fingerprint density at radius 1 is 0.935 bits per heavy atom. The molecular formula is C22H23Cl2FN6. The second kappa shape index (κ2) is 8.77. The van der Waals surface area contributed by atoms with Gasteiger partial charge >= 0.3 is 0 Å². The Labute approximate surface area is 191 Å². The molecule has 0 saturated carbocycles. The molecule has 6 nitrogen and oxygen atoms in total. The van der Waals surface area contributed by atoms with Gasteiger partial charge in [0, 0.05) is 40.3 Å². The zero-order valence-corrected chi connectivity index (χ0v) is 18.8. The fourth-order valence-electron chi connectivity index (χ4n) is 3.70. The molecule has 0 amide bonds. The van der Waals surface area contributed by atoms with E-state index in [4.69, 9.17) is 33.9 Å². The lowest BCUT2D eigenvalue weighted by molar-refractivity contribution is 0.594. The summed E-state index contributed by atoms with van der Waals surface area (Å²) in [7, 11) is 3.81. The van der Waals surface area contributed by atoms with Gasteiger partial charge in [0.25, 0.3) is 0 Å². The van der Waals surface area contributed by atoms with E-state index in [0.29, 0.717) is 65.1 Å². The van der Waals surface area contributed by atoms with Crippen LogP contribution in [0.25, 0.3) is 11.1 Å². The molecule has 0 atom stereocenters. The Kier molecular flexibility index (Phi) is 6.07. The minimum Gasteiger partial charge on any atom is -0.383 e. The largest absolute Gasteiger partial charge is 0.383 e. The van der Waals surface area contributed by atoms with E-state index in [9.17, 15) is 4.39 Å². The number of para-hydroxylation sites is 1. The first-order valence-corrected chi connectivity index (χ1v) is 10.7. The molecule has 2 N–H and O–H groups in total. The fourth-order valence-corrected chi connectivity index (χ4v) is 4.00. The van der Waals surface area contributed by atoms with Gasteiger partial charge < -0.3 is 20.4 Å². The number of nitrogen functional groups attached to an aromatic ring is 1. The lowest BCUT2D eigenvalue weighted by atomic mass is 10.1. The van der Waals surface area contributed by atoms with E-state index < -0.39 is 0 Å². The van der Waals surface area contributed by atoms with E-state index in [1.165, 1.54) is 6.07 Å². The van der Waals surface area contributed by atoms with Crippen molar-refractivity contribution in [3.8, 4) is 11.1 Å². The molecule has 0 radical (unpaired) electrons. The van der Waals surface area contributed by atoms with Crippen LogP contribution in [0.15, 0.2) is 42.5 Å². The predicted octanol–water partition coefficient (Wildman–Crippen LogP) is 4.56. The number of piperazine rings is 1. The van der Waals surface area contributed by atoms with Gasteiger partial charge in [0.15, 0.2) is 0 Å². The van der Waals surface area contributed by atoms with Crippen molar-refractivity contribution in [2.45, 2.75) is 0 Å². The van der Waals surface area contributed by atoms with Crippen LogP contribution < -0.4 is 20.4 Å². The molecule has 162 valence electrons. The van der Waals surface area contributed by atoms with Gasteiger partial charge in [-0.15, -0.1) is 0 Å². The Morgan fingerprint density at radius 2 is 1.61 bits per heavy atom. The summed E-state index contributed by atoms with van der Waals surface area (Å²) in [6.07, 6.45) is 0. The minimum atomic E-state index is -0.211. The number of hydrogen-bond acceptors (Lipinski definition) is 6. The van der Waals surface area contributed by atoms with Crippen molar-refractivity contribution >= 4 is 46.5 Å². The Hall–Kier alpha value is -2.77. The highest BCUT2D eigenvalue weighted by Gasteiger charge is 2.24. The first kappa shape index (κ1) is 21.5. The number of nitrogens with zero attached hydrogens (tertiary/aromatic N) is 5. The fraction of sp³-hybridized carbons (Fsp3) is 0.273. The molecule has 0 bridgehead atoms. The Balaban J connectivity index is 1.62. The smallest absolute Gasteiger partial charge is 0.229 e. The van der Waals surface area contributed by atoms with E-state index in [-0.39, 0.29) is 5.82 Å². The van der Waals surface area contributed by atoms with Gasteiger partial charge in [0.1, 0.15) is 17.5 Å². The molecule has 1 aromatic heterocycles. The quantitative estimate of drug-likeness (QED) is 0.615. The van der Waals surface area contributed by atoms with E-state index >= 15 is 0 Å². The molecule has 1 saturated heterocycles. The van der Waals surface area contributed by atoms with Crippen molar-refractivity contribution in [3.05, 3.63) is 58.3 Å². The van der Waals surface area contributed by atoms with Crippen LogP contribution in [-0.4, -0.2) is 50.2 Å². The third-order valence-corrected chi connectivity index (χ3v) is 6.03. The van der Waals surface area contributed by atoms with E-state index in [1.54, 1.807) is 24.3 Å². The van der Waals surface area contributed by atoms with Gasteiger partial charge in [-0.25, -0.2) is 4.39 Å². The third-order valence-electron chi connectivity index (χ3n) is 5.29. The van der Waals surface area contributed by atoms with Crippen LogP contribution >= 0.6 is 23.2 Å². The predicted molar refractivity (Wildman–Crippen MR) is 127 cm³/mol. The normalized spacial score (nSPS) is 14.1. The summed E-state index contributed by atoms with van der Waals surface area (Å²) >= 11 is 12.3. The van der Waals surface area contributed by atoms with Gasteiger partial charge in [-0.05, 0) is 29.8 Å². The van der Waals surface area contributed by atoms with Gasteiger partial charge in [0.05, 0.1) is 21.3 Å². The molecule has 2 heterocycles. The summed E-state index contributed by atoms with van der Waals surface area (Å²) in [6.45, 7) is 2.64. The third kappa shape index (κ3) is 4.34. The first-order valence-electron chi connectivity index (χ1n) is 9.90. The molecule has 9 heteroatoms. The molecule has 1 aliphatic heterocycles. The number of aromatic nitrogens is 2. The molecule has 1 fully saturated rings. The second-order valence-corrected chi connectivity index (χ2v) is 8.37. The maximum atomic E-state index is 14.1. The van der Waals surface area contributed by atoms with Crippen LogP contribution in [0.4, 0.5) is 27.7 Å². The van der Waals surface area contributed by atoms with Crippen molar-refractivity contribution in [1.82, 2.24) is 9.97 Å². The van der Waals surface area contributed by atoms with Gasteiger partial charge in [-0.1, -0.05) is 41.4 Å². The van der Waals surface area contributed by atoms with Gasteiger partial charge in [-0.3, -0.25) is 0 Å². The maximum Gasteiger partial charge on any atom is 0.229 e. The Bertz CT molecular complexity index is 1100. The molecule has 0 unspecified atom stereocenters. The van der Waals surface area contributed by atoms with Crippen LogP contribution in [0.5, 0.6) is 0 Å². The summed E-state index contributed by atoms with van der Waals surface area (Å²) in [6, 6.07) is 12.2. The molecule has 2 aromatic carbocycles. The molecule has 0 spiro atoms. The van der Waals surface area contributed by atoms with Crippen LogP contribution in [0.2, 0.25) is 10.0 Å². The summed E-state index contributed by atoms with van der Waals surface area (Å²) in [4.78, 5) is 15.4. The summed E-state index contributed by atoms with van der Waals surface area (Å²) < 4.78 is 14.1. The maximum absolute atomic E-state index is 14.1. The number of halogens is 3. The SMILES string of the molecule is CN(C)c1nc(N2CCN(c3ccccc3F)CC2)nc(N)c1-c1ccc(Cl)c(Cl)c1. The van der Waals surface area contributed by atoms with Crippen molar-refractivity contribution in [2.24, 2.45) is 0 Å². The monoisotopic (exact) mass is 460 g/mol. The second-order valence-electron chi connectivity index (χ2n) is 7.56. The van der Waals surface area contributed by atoms with Crippen molar-refractivity contribution < 1.29 is 4.39 Å². The highest BCUT2D eigenvalue weighted by atomic mass is 35.5. The lowest BCUT2D eigenvalue weighted by Gasteiger charge is -2.36. The molecule has 31 heavy (non-hydrogen) atoms. The van der Waals surface area contributed by atoms with Crippen molar-refractivity contribution in [1.29, 1.82) is 0 Å². The van der Waals surface area contributed by atoms with Crippen molar-refractivity contribution in [3.63, 3.8) is 0 Å². The van der Waals surface area contributed by atoms with Crippen LogP contribution in [0.1, 0.15) is 0 Å². The summed E-state index contributed by atoms with van der Waals surface area (Å²) in [5.41, 5.74) is 8.51. The molecular weight excluding hydrogens is 438 g/mol. The number of rotatable bonds is 4. The summed E-state index contributed by atoms with van der Waals surface area (Å²) in [5.74, 6) is 1.40. The van der Waals surface area contributed by atoms with E-state index in [0.717, 1.165) is 5.56 Å². The van der Waals surface area contributed by atoms with Crippen LogP contribution in [0.3, 0.4) is 0 Å². The minimum absolute atomic E-state index is 0.211. The molecule has 3 aromatic rings. The highest BCUT2D eigenvalue weighted by molar-refractivity contribution is 6.42. The number of hydrogen-bond donors (Lipinski definition) is 1. The number of benzene rings is 2. The zero-order valence-electron chi connectivity index (χ0n) is 17.3. The lowest BCUT2D eigenvalue weighted by Crippen LogP contribution is -2.47. The van der Waals surface area contributed by atoms with E-state index in [1.807, 2.05) is 36.0 Å².